The fraction of sp³-hybridized carbons (Fsp3) is 0.800. The molecule has 2 atom stereocenters. The minimum atomic E-state index is -1.30. The van der Waals surface area contributed by atoms with Crippen LogP contribution in [0.15, 0.2) is 12.2 Å². The molecule has 0 heterocycles. The van der Waals surface area contributed by atoms with Gasteiger partial charge in [0.25, 0.3) is 0 Å². The topological polar surface area (TPSA) is 49.7 Å². The van der Waals surface area contributed by atoms with Gasteiger partial charge in [0.2, 0.25) is 0 Å². The fourth-order valence-corrected chi connectivity index (χ4v) is 2.05. The van der Waals surface area contributed by atoms with Gasteiger partial charge in [-0.15, -0.1) is 0 Å². The van der Waals surface area contributed by atoms with Gasteiger partial charge in [-0.2, -0.15) is 0 Å². The number of aliphatic hydroxyl groups is 2. The van der Waals surface area contributed by atoms with Gasteiger partial charge in [0.1, 0.15) is 0 Å². The Hall–Kier alpha value is -0.380. The smallest absolute Gasteiger partial charge is 0.159 e. The summed E-state index contributed by atoms with van der Waals surface area (Å²) in [6.45, 7) is 1.96. The highest BCUT2D eigenvalue weighted by molar-refractivity contribution is 5.04. The highest BCUT2D eigenvalue weighted by Gasteiger charge is 2.43. The molecule has 0 saturated carbocycles. The second-order valence-electron chi connectivity index (χ2n) is 3.60. The third-order valence-electron chi connectivity index (χ3n) is 3.11. The Morgan fingerprint density at radius 2 is 2.23 bits per heavy atom. The second-order valence-corrected chi connectivity index (χ2v) is 3.60. The third kappa shape index (κ3) is 1.77. The zero-order valence-electron chi connectivity index (χ0n) is 8.23. The van der Waals surface area contributed by atoms with Crippen LogP contribution >= 0.6 is 0 Å². The number of hydrogen-bond donors (Lipinski definition) is 2. The van der Waals surface area contributed by atoms with Gasteiger partial charge in [0.05, 0.1) is 11.5 Å². The summed E-state index contributed by atoms with van der Waals surface area (Å²) >= 11 is 0. The molecule has 0 amide bonds. The van der Waals surface area contributed by atoms with E-state index in [-0.39, 0.29) is 6.10 Å². The number of rotatable bonds is 3. The van der Waals surface area contributed by atoms with Gasteiger partial charge in [-0.25, -0.2) is 0 Å². The van der Waals surface area contributed by atoms with E-state index in [1.165, 1.54) is 0 Å². The number of hydrogen-bond acceptors (Lipinski definition) is 3. The number of allylic oxidation sites excluding steroid dienone is 1. The van der Waals surface area contributed by atoms with Gasteiger partial charge >= 0.3 is 0 Å². The number of aliphatic hydroxyl groups excluding tert-OH is 1. The standard InChI is InChI=1S/C10H18O3/c1-3-10(9(11)12)7-5-4-6-8(10)13-2/h4-5,8-9,11-12H,3,6-7H2,1-2H3/t8-,10?/m0/s1. The van der Waals surface area contributed by atoms with Crippen molar-refractivity contribution in [3.05, 3.63) is 12.2 Å². The zero-order valence-corrected chi connectivity index (χ0v) is 8.23. The lowest BCUT2D eigenvalue weighted by Gasteiger charge is -2.41. The Morgan fingerprint density at radius 1 is 1.54 bits per heavy atom. The van der Waals surface area contributed by atoms with E-state index in [4.69, 9.17) is 4.74 Å². The zero-order chi connectivity index (χ0) is 9.90. The van der Waals surface area contributed by atoms with Crippen molar-refractivity contribution in [2.75, 3.05) is 7.11 Å². The van der Waals surface area contributed by atoms with Gasteiger partial charge in [0, 0.05) is 7.11 Å². The Bertz CT molecular complexity index is 189. The lowest BCUT2D eigenvalue weighted by Crippen LogP contribution is -2.46. The summed E-state index contributed by atoms with van der Waals surface area (Å²) in [5, 5.41) is 18.7. The quantitative estimate of drug-likeness (QED) is 0.512. The summed E-state index contributed by atoms with van der Waals surface area (Å²) in [6.07, 6.45) is 4.81. The van der Waals surface area contributed by atoms with Crippen LogP contribution < -0.4 is 0 Å². The minimum Gasteiger partial charge on any atom is -0.380 e. The van der Waals surface area contributed by atoms with E-state index >= 15 is 0 Å². The lowest BCUT2D eigenvalue weighted by atomic mass is 9.72. The molecule has 13 heavy (non-hydrogen) atoms. The van der Waals surface area contributed by atoms with Gasteiger partial charge < -0.3 is 14.9 Å². The third-order valence-corrected chi connectivity index (χ3v) is 3.11. The molecular formula is C10H18O3. The summed E-state index contributed by atoms with van der Waals surface area (Å²) in [5.74, 6) is 0. The predicted octanol–water partition coefficient (Wildman–Crippen LogP) is 1.06. The van der Waals surface area contributed by atoms with Crippen LogP contribution in [0.5, 0.6) is 0 Å². The molecule has 0 spiro atoms. The van der Waals surface area contributed by atoms with Crippen molar-refractivity contribution < 1.29 is 14.9 Å². The van der Waals surface area contributed by atoms with Crippen LogP contribution in [-0.2, 0) is 4.74 Å². The maximum atomic E-state index is 9.37. The Balaban J connectivity index is 2.87. The molecular weight excluding hydrogens is 168 g/mol. The highest BCUT2D eigenvalue weighted by atomic mass is 16.5. The second kappa shape index (κ2) is 4.22. The first-order valence-electron chi connectivity index (χ1n) is 4.71. The monoisotopic (exact) mass is 186 g/mol. The van der Waals surface area contributed by atoms with Crippen LogP contribution in [-0.4, -0.2) is 29.7 Å². The molecule has 1 unspecified atom stereocenters. The van der Waals surface area contributed by atoms with E-state index in [9.17, 15) is 10.2 Å². The molecule has 1 aliphatic carbocycles. The van der Waals surface area contributed by atoms with Crippen molar-refractivity contribution in [2.45, 2.75) is 38.6 Å². The normalized spacial score (nSPS) is 34.1. The lowest BCUT2D eigenvalue weighted by molar-refractivity contribution is -0.186. The first-order chi connectivity index (χ1) is 6.17. The van der Waals surface area contributed by atoms with Crippen LogP contribution in [0.1, 0.15) is 26.2 Å². The molecule has 0 saturated heterocycles. The van der Waals surface area contributed by atoms with Crippen LogP contribution in [0.4, 0.5) is 0 Å². The molecule has 2 N–H and O–H groups in total. The maximum Gasteiger partial charge on any atom is 0.159 e. The van der Waals surface area contributed by atoms with E-state index in [1.54, 1.807) is 7.11 Å². The minimum absolute atomic E-state index is 0.0810. The molecule has 0 radical (unpaired) electrons. The summed E-state index contributed by atoms with van der Waals surface area (Å²) in [5.41, 5.74) is -0.510. The van der Waals surface area contributed by atoms with E-state index in [1.807, 2.05) is 19.1 Å². The first-order valence-corrected chi connectivity index (χ1v) is 4.71. The molecule has 0 bridgehead atoms. The van der Waals surface area contributed by atoms with Crippen LogP contribution in [0.2, 0.25) is 0 Å². The van der Waals surface area contributed by atoms with Crippen LogP contribution in [0, 0.1) is 5.41 Å². The highest BCUT2D eigenvalue weighted by Crippen LogP contribution is 2.40. The van der Waals surface area contributed by atoms with Gasteiger partial charge in [-0.3, -0.25) is 0 Å². The molecule has 0 fully saturated rings. The van der Waals surface area contributed by atoms with E-state index < -0.39 is 11.7 Å². The van der Waals surface area contributed by atoms with Crippen LogP contribution in [0.25, 0.3) is 0 Å². The van der Waals surface area contributed by atoms with Crippen molar-refractivity contribution in [1.29, 1.82) is 0 Å². The fourth-order valence-electron chi connectivity index (χ4n) is 2.05. The molecule has 0 aromatic heterocycles. The molecule has 0 aromatic carbocycles. The molecule has 1 aliphatic rings. The van der Waals surface area contributed by atoms with E-state index in [0.717, 1.165) is 6.42 Å². The van der Waals surface area contributed by atoms with Crippen molar-refractivity contribution in [3.63, 3.8) is 0 Å². The van der Waals surface area contributed by atoms with E-state index in [2.05, 4.69) is 0 Å². The molecule has 76 valence electrons. The summed E-state index contributed by atoms with van der Waals surface area (Å²) in [4.78, 5) is 0. The molecule has 3 nitrogen and oxygen atoms in total. The first kappa shape index (κ1) is 10.7. The number of ether oxygens (including phenoxy) is 1. The molecule has 1 rings (SSSR count). The Labute approximate surface area is 79.0 Å². The van der Waals surface area contributed by atoms with Crippen LogP contribution in [0.3, 0.4) is 0 Å². The van der Waals surface area contributed by atoms with Crippen molar-refractivity contribution in [1.82, 2.24) is 0 Å². The summed E-state index contributed by atoms with van der Waals surface area (Å²) in [6, 6.07) is 0. The Morgan fingerprint density at radius 3 is 2.62 bits per heavy atom. The van der Waals surface area contributed by atoms with Gasteiger partial charge in [-0.1, -0.05) is 19.1 Å². The average molecular weight is 186 g/mol. The summed E-state index contributed by atoms with van der Waals surface area (Å²) in [7, 11) is 1.62. The van der Waals surface area contributed by atoms with E-state index in [0.29, 0.717) is 12.8 Å². The summed E-state index contributed by atoms with van der Waals surface area (Å²) < 4.78 is 5.29. The number of methoxy groups -OCH3 is 1. The predicted molar refractivity (Wildman–Crippen MR) is 50.1 cm³/mol. The van der Waals surface area contributed by atoms with Gasteiger partial charge in [-0.05, 0) is 19.3 Å². The Kier molecular flexibility index (Phi) is 3.47. The average Bonchev–Trinajstić information content (AvgIpc) is 2.17. The van der Waals surface area contributed by atoms with Crippen molar-refractivity contribution in [3.8, 4) is 0 Å². The van der Waals surface area contributed by atoms with Gasteiger partial charge in [0.15, 0.2) is 6.29 Å². The molecule has 0 aliphatic heterocycles. The SMILES string of the molecule is CCC1(C(O)O)CC=CC[C@@H]1OC. The van der Waals surface area contributed by atoms with Crippen molar-refractivity contribution in [2.24, 2.45) is 5.41 Å². The van der Waals surface area contributed by atoms with Crippen molar-refractivity contribution >= 4 is 0 Å². The molecule has 3 heteroatoms. The molecule has 0 aromatic rings. The maximum absolute atomic E-state index is 9.37. The largest absolute Gasteiger partial charge is 0.380 e.